The molecule has 2 aromatic heterocycles. The molecule has 0 aliphatic carbocycles. The highest BCUT2D eigenvalue weighted by Crippen LogP contribution is 2.25. The van der Waals surface area contributed by atoms with E-state index in [1.807, 2.05) is 26.8 Å². The van der Waals surface area contributed by atoms with Crippen molar-refractivity contribution in [3.05, 3.63) is 45.5 Å². The van der Waals surface area contributed by atoms with E-state index in [4.69, 9.17) is 94.6 Å². The van der Waals surface area contributed by atoms with Crippen LogP contribution in [0.1, 0.15) is 291 Å². The first-order valence-corrected chi connectivity index (χ1v) is 26.1. The number of nitrogens with two attached hydrogens (primary N) is 2. The van der Waals surface area contributed by atoms with Crippen molar-refractivity contribution < 1.29 is 112 Å². The predicted octanol–water partition coefficient (Wildman–Crippen LogP) is 13.7. The van der Waals surface area contributed by atoms with Crippen molar-refractivity contribution in [2.45, 2.75) is 212 Å². The van der Waals surface area contributed by atoms with Crippen molar-refractivity contribution in [2.75, 3.05) is 89.4 Å². The molecule has 18 nitrogen and oxygen atoms in total. The van der Waals surface area contributed by atoms with Gasteiger partial charge in [0.2, 0.25) is 0 Å². The lowest BCUT2D eigenvalue weighted by Crippen LogP contribution is -2.31. The number of rotatable bonds is 18. The number of piperidine rings is 3. The van der Waals surface area contributed by atoms with Crippen molar-refractivity contribution >= 4 is 75.2 Å². The van der Waals surface area contributed by atoms with Crippen LogP contribution in [0.4, 0.5) is 10.0 Å². The molecule has 5 rings (SSSR count). The van der Waals surface area contributed by atoms with Gasteiger partial charge in [-0.3, -0.25) is 0 Å². The highest BCUT2D eigenvalue weighted by atomic mass is 32.1. The van der Waals surface area contributed by atoms with Gasteiger partial charge in [0.15, 0.2) is 0 Å². The number of hydrogen-bond donors (Lipinski definition) is 4. The molecule has 3 aliphatic rings. The number of likely N-dealkylation sites (tertiary alicyclic amines) is 2. The molecule has 3 aliphatic heterocycles. The molecule has 0 bridgehead atoms. The Bertz CT molecular complexity index is 3840. The summed E-state index contributed by atoms with van der Waals surface area (Å²) in [6.07, 6.45) is -26.4. The number of carbonyl (C=O) groups excluding carboxylic acids is 7. The SMILES string of the molecule is C.CCC#N.CCCC=O.[2H]/C(C)=C(/C#N)C(=O)OCC.[2H]C(=O)CCC.[2H]C(C)=O.[2H]C(CCC)N1C([2H])([2H])C([2H])([2H])C([2H])([2H])C([2H])([2H])C1([2H])[2H].[2H]C(CCN)N1C([2H])([2H])C([2H])([2H])C([2H])([2H])C([2H])([2H])C1([2H])[2H].[2H]C([2H])([2H])C(C)=O.[2H]C1([2H])NC([2H])([2H])C([2H])([2H])C([2H])([2H])C1([2H])[2H].[2H]c1sc(N)c(C(=O)OCC)c1[2H].[2H]c1sc(NC([2H])(C)C([2H])([2H])[2H])c(C(=O)OCC)c1[2H].[HH]. The molecular weight excluding hydrogens is 1090 g/mol. The van der Waals surface area contributed by atoms with E-state index >= 15 is 0 Å². The van der Waals surface area contributed by atoms with Crippen LogP contribution >= 0.6 is 22.7 Å². The highest BCUT2D eigenvalue weighted by Gasteiger charge is 2.14. The van der Waals surface area contributed by atoms with E-state index in [2.05, 4.69) is 14.8 Å². The van der Waals surface area contributed by atoms with Crippen LogP contribution in [0, 0.1) is 22.7 Å². The van der Waals surface area contributed by atoms with Crippen molar-refractivity contribution in [2.24, 2.45) is 5.73 Å². The fourth-order valence-corrected chi connectivity index (χ4v) is 4.56. The Morgan fingerprint density at radius 1 is 0.819 bits per heavy atom. The maximum Gasteiger partial charge on any atom is 0.348 e. The van der Waals surface area contributed by atoms with Crippen molar-refractivity contribution in [3.8, 4) is 12.1 Å². The van der Waals surface area contributed by atoms with E-state index in [1.54, 1.807) is 39.1 Å². The Balaban J connectivity index is -0.000000218. The topological polar surface area (TPSA) is 277 Å². The Morgan fingerprint density at radius 2 is 1.28 bits per heavy atom. The van der Waals surface area contributed by atoms with Crippen LogP contribution in [0.2, 0.25) is 0 Å². The molecule has 5 heterocycles. The zero-order valence-electron chi connectivity index (χ0n) is 94.1. The first-order chi connectivity index (χ1) is 56.9. The van der Waals surface area contributed by atoms with Crippen LogP contribution in [-0.2, 0) is 38.2 Å². The second kappa shape index (κ2) is 74.7. The van der Waals surface area contributed by atoms with E-state index < -0.39 is 165 Å². The minimum atomic E-state index is -3.44. The largest absolute Gasteiger partial charge is 0.462 e. The van der Waals surface area contributed by atoms with Gasteiger partial charge in [-0.1, -0.05) is 66.7 Å². The van der Waals surface area contributed by atoms with Crippen LogP contribution in [0.15, 0.2) is 34.4 Å². The summed E-state index contributed by atoms with van der Waals surface area (Å²) in [5.41, 5.74) is 10.3. The normalized spacial score (nSPS) is 31.8. The van der Waals surface area contributed by atoms with Gasteiger partial charge < -0.3 is 65.3 Å². The Morgan fingerprint density at radius 3 is 1.61 bits per heavy atom. The standard InChI is InChI=1S/C10H15NO2S.C9H19N.C8H18N2.C7H9NO2S.C7H9NO2.C5H11N.2C4H8O.C3H5N.C3H6O.C2H4O.CH4.H2/c1-4-13-10(12)8-5-6-14-9(8)11-7(2)3;1-2-3-7-10-8-5-4-6-9-10;9-5-4-8-10-6-2-1-3-7-10;1-2-10-7(9)5-3-4-11-6(5)8;1-3-6(5-8)7(9)10-4-2;1-2-4-6-5-3-1;2*1-2-3-4-5;1-2-3-4;1-3(2)4;1-2-3;;/h5-7,11H,4H2,1-3H3;2-9H2,1H3;1-9H2;3-4H,2,8H2,1H3;3H,4H2,1-2H3;6H,1-5H2;2*4H,2-3H2,1H3;2H2,1H3;1-2H3;2H,1H3;1H4;1H/b;;;;6-3+;;;;;;;;/i2D3,5D,6D,7D;4D2,5D2,6D2,7D,8D2,9D2;1D2,2D2,3D2,6D2,7D2,8D;3D,4D;3D;1D2,2D2,3D2,4D2,5D2;4D;;;1D3;2D;;. The average Bonchev–Trinajstić information content (AvgIpc) is 0.695. The van der Waals surface area contributed by atoms with Crippen LogP contribution < -0.4 is 22.1 Å². The van der Waals surface area contributed by atoms with Gasteiger partial charge in [0.1, 0.15) is 49.0 Å². The van der Waals surface area contributed by atoms with Gasteiger partial charge in [-0.15, -0.1) is 22.7 Å². The molecule has 0 amide bonds. The number of hydrogen-bond acceptors (Lipinski definition) is 20. The zero-order chi connectivity index (χ0) is 104. The molecule has 0 spiro atoms. The van der Waals surface area contributed by atoms with Crippen LogP contribution in [0.3, 0.4) is 0 Å². The number of nitriles is 2. The van der Waals surface area contributed by atoms with Gasteiger partial charge in [-0.2, -0.15) is 10.5 Å². The molecule has 3 fully saturated rings. The number of nitrogens with zero attached hydrogens (tertiary/aromatic N) is 4. The van der Waals surface area contributed by atoms with Crippen molar-refractivity contribution in [1.29, 1.82) is 10.5 Å². The van der Waals surface area contributed by atoms with Crippen LogP contribution in [0.5, 0.6) is 0 Å². The van der Waals surface area contributed by atoms with Gasteiger partial charge in [-0.05, 0) is 207 Å². The molecular formula is C63H118N8O10S2. The number of ether oxygens (including phenoxy) is 3. The predicted molar refractivity (Wildman–Crippen MR) is 350 cm³/mol. The third-order valence-electron chi connectivity index (χ3n) is 6.57. The van der Waals surface area contributed by atoms with E-state index in [-0.39, 0.29) is 113 Å². The quantitative estimate of drug-likeness (QED) is 0.0355. The molecule has 0 radical (unpaired) electrons. The molecule has 3 unspecified atom stereocenters. The summed E-state index contributed by atoms with van der Waals surface area (Å²) in [5, 5.41) is 19.9. The minimum Gasteiger partial charge on any atom is -0.462 e. The second-order valence-electron chi connectivity index (χ2n) is 13.3. The van der Waals surface area contributed by atoms with Gasteiger partial charge in [0, 0.05) is 78.8 Å². The van der Waals surface area contributed by atoms with E-state index in [0.717, 1.165) is 55.6 Å². The minimum absolute atomic E-state index is 0. The van der Waals surface area contributed by atoms with Crippen molar-refractivity contribution in [1.82, 2.24) is 15.1 Å². The number of nitrogens with one attached hydrogen (secondary N) is 2. The van der Waals surface area contributed by atoms with Crippen molar-refractivity contribution in [3.63, 3.8) is 0 Å². The summed E-state index contributed by atoms with van der Waals surface area (Å²) in [5.74, 6) is -2.91. The highest BCUT2D eigenvalue weighted by molar-refractivity contribution is 7.14. The Labute approximate surface area is 578 Å². The van der Waals surface area contributed by atoms with Crippen LogP contribution in [-0.4, -0.2) is 137 Å². The molecule has 0 saturated carbocycles. The van der Waals surface area contributed by atoms with E-state index in [9.17, 15) is 28.8 Å². The van der Waals surface area contributed by atoms with Gasteiger partial charge >= 0.3 is 17.9 Å². The first kappa shape index (κ1) is 33.5. The molecule has 3 saturated heterocycles. The number of nitrogen functional groups attached to an aromatic ring is 1. The number of allylic oxidation sites excluding steroid dienone is 1. The monoisotopic (exact) mass is 1260 g/mol. The Hall–Kier alpha value is -5.35. The number of Topliss-reactive ketones (excluding diaryl/α,β-unsaturated/α-hetero) is 1. The fraction of sp³-hybridized carbons (Fsp3) is 0.698. The lowest BCUT2D eigenvalue weighted by Gasteiger charge is -2.25. The molecule has 482 valence electrons. The maximum absolute atomic E-state index is 11.8. The smallest absolute Gasteiger partial charge is 0.348 e. The van der Waals surface area contributed by atoms with Gasteiger partial charge in [0.05, 0.1) is 45.2 Å². The maximum atomic E-state index is 11.8. The van der Waals surface area contributed by atoms with Crippen LogP contribution in [0.25, 0.3) is 0 Å². The summed E-state index contributed by atoms with van der Waals surface area (Å²) in [7, 11) is 0. The zero-order valence-corrected chi connectivity index (χ0v) is 49.7. The lowest BCUT2D eigenvalue weighted by atomic mass is 10.1. The van der Waals surface area contributed by atoms with E-state index in [1.165, 1.54) is 13.8 Å². The molecule has 6 N–H and O–H groups in total. The molecule has 2 aromatic rings. The molecule has 0 aromatic carbocycles. The van der Waals surface area contributed by atoms with Gasteiger partial charge in [-0.25, -0.2) is 14.4 Å². The number of ketones is 1. The number of esters is 3. The summed E-state index contributed by atoms with van der Waals surface area (Å²) < 4.78 is 355. The number of thiophene rings is 2. The Kier molecular flexibility index (Phi) is 30.2. The molecule has 3 atom stereocenters. The first-order valence-electron chi connectivity index (χ1n) is 47.6. The molecule has 20 heteroatoms. The third-order valence-corrected chi connectivity index (χ3v) is 7.91. The fourth-order valence-electron chi connectivity index (χ4n) is 3.37. The third kappa shape index (κ3) is 69.1. The number of carbonyl (C=O) groups is 7. The number of unbranched alkanes of at least 4 members (excludes halogenated alkanes) is 1. The average molecular weight is 1260 g/mol. The summed E-state index contributed by atoms with van der Waals surface area (Å²) in [4.78, 5) is 72.2. The number of anilines is 2. The second-order valence-corrected chi connectivity index (χ2v) is 15.0. The summed E-state index contributed by atoms with van der Waals surface area (Å²) in [6, 6.07) is 0.939. The lowest BCUT2D eigenvalue weighted by molar-refractivity contribution is -0.138. The molecule has 83 heavy (non-hydrogen) atoms. The van der Waals surface area contributed by atoms with Gasteiger partial charge in [0.25, 0.3) is 0 Å². The van der Waals surface area contributed by atoms with E-state index in [0.29, 0.717) is 25.7 Å². The summed E-state index contributed by atoms with van der Waals surface area (Å²) >= 11 is 1.64. The summed E-state index contributed by atoms with van der Waals surface area (Å²) in [6.45, 7) is -9.54. The number of aldehydes is 3.